The van der Waals surface area contributed by atoms with E-state index in [-0.39, 0.29) is 29.2 Å². The molecule has 2 aromatic carbocycles. The second-order valence-electron chi connectivity index (χ2n) is 6.45. The maximum atomic E-state index is 12.4. The van der Waals surface area contributed by atoms with Crippen LogP contribution in [0.4, 0.5) is 5.69 Å². The van der Waals surface area contributed by atoms with Crippen molar-refractivity contribution in [3.8, 4) is 11.5 Å². The first-order valence-electron chi connectivity index (χ1n) is 9.51. The van der Waals surface area contributed by atoms with Gasteiger partial charge in [0.15, 0.2) is 23.3 Å². The summed E-state index contributed by atoms with van der Waals surface area (Å²) in [6.07, 6.45) is 1.72. The Balaban J connectivity index is 1.78. The van der Waals surface area contributed by atoms with E-state index in [4.69, 9.17) is 21.1 Å². The van der Waals surface area contributed by atoms with E-state index >= 15 is 0 Å². The number of nitrogens with zero attached hydrogens (tertiary/aromatic N) is 2. The lowest BCUT2D eigenvalue weighted by atomic mass is 10.1. The number of para-hydroxylation sites is 1. The highest BCUT2D eigenvalue weighted by molar-refractivity contribution is 8.18. The number of nitrogens with one attached hydrogen (secondary N) is 1. The number of hydrogen-bond acceptors (Lipinski definition) is 6. The van der Waals surface area contributed by atoms with E-state index in [1.807, 2.05) is 25.1 Å². The van der Waals surface area contributed by atoms with Crippen LogP contribution in [0.2, 0.25) is 5.02 Å². The maximum absolute atomic E-state index is 12.4. The zero-order valence-corrected chi connectivity index (χ0v) is 18.9. The number of rotatable bonds is 7. The molecule has 0 atom stereocenters. The largest absolute Gasteiger partial charge is 0.490 e. The van der Waals surface area contributed by atoms with Crippen LogP contribution in [0.25, 0.3) is 6.08 Å². The molecule has 3 rings (SSSR count). The van der Waals surface area contributed by atoms with Crippen LogP contribution in [0.1, 0.15) is 12.5 Å². The lowest BCUT2D eigenvalue weighted by Crippen LogP contribution is -2.23. The number of amides is 2. The van der Waals surface area contributed by atoms with E-state index in [0.717, 1.165) is 0 Å². The average molecular weight is 460 g/mol. The van der Waals surface area contributed by atoms with Crippen molar-refractivity contribution >= 4 is 52.1 Å². The van der Waals surface area contributed by atoms with Crippen LogP contribution >= 0.6 is 23.4 Å². The molecule has 1 heterocycles. The lowest BCUT2D eigenvalue weighted by Gasteiger charge is -2.14. The smallest absolute Gasteiger partial charge is 0.266 e. The van der Waals surface area contributed by atoms with Crippen molar-refractivity contribution in [1.82, 2.24) is 4.90 Å². The Hall–Kier alpha value is -2.97. The van der Waals surface area contributed by atoms with Gasteiger partial charge in [0, 0.05) is 19.8 Å². The number of hydrogen-bond donors (Lipinski definition) is 1. The Kier molecular flexibility index (Phi) is 7.59. The first kappa shape index (κ1) is 22.7. The zero-order valence-electron chi connectivity index (χ0n) is 17.3. The summed E-state index contributed by atoms with van der Waals surface area (Å²) >= 11 is 7.71. The molecule has 0 spiro atoms. The van der Waals surface area contributed by atoms with Crippen molar-refractivity contribution in [2.45, 2.75) is 6.92 Å². The van der Waals surface area contributed by atoms with Gasteiger partial charge in [-0.15, -0.1) is 0 Å². The number of benzene rings is 2. The maximum Gasteiger partial charge on any atom is 0.266 e. The van der Waals surface area contributed by atoms with Crippen LogP contribution in [0.3, 0.4) is 0 Å². The fourth-order valence-corrected chi connectivity index (χ4v) is 4.03. The van der Waals surface area contributed by atoms with Gasteiger partial charge in [-0.2, -0.15) is 0 Å². The Morgan fingerprint density at radius 2 is 2.00 bits per heavy atom. The van der Waals surface area contributed by atoms with E-state index in [1.165, 1.54) is 16.7 Å². The third kappa shape index (κ3) is 5.59. The molecule has 1 aliphatic rings. The third-order valence-corrected chi connectivity index (χ3v) is 5.66. The molecule has 7 nitrogen and oxygen atoms in total. The second-order valence-corrected chi connectivity index (χ2v) is 7.86. The molecule has 2 amide bonds. The lowest BCUT2D eigenvalue weighted by molar-refractivity contribution is -0.121. The van der Waals surface area contributed by atoms with Gasteiger partial charge in [0.2, 0.25) is 0 Å². The molecule has 0 bridgehead atoms. The monoisotopic (exact) mass is 459 g/mol. The van der Waals surface area contributed by atoms with E-state index in [9.17, 15) is 9.59 Å². The second kappa shape index (κ2) is 10.4. The molecule has 0 aromatic heterocycles. The molecule has 162 valence electrons. The van der Waals surface area contributed by atoms with Gasteiger partial charge >= 0.3 is 0 Å². The summed E-state index contributed by atoms with van der Waals surface area (Å²) in [6.45, 7) is 1.98. The Labute approximate surface area is 190 Å². The number of aliphatic imine (C=N–C) groups is 1. The number of thioether (sulfide) groups is 1. The fraction of sp³-hybridized carbons (Fsp3) is 0.227. The quantitative estimate of drug-likeness (QED) is 0.625. The highest BCUT2D eigenvalue weighted by Crippen LogP contribution is 2.39. The standard InChI is InChI=1S/C22H22ClN3O4S/c1-4-29-17-11-14(12-18-21(28)26(3)22(24-2)31-18)10-16(23)20(17)30-13-19(27)25-15-8-6-5-7-9-15/h5-12H,4,13H2,1-3H3,(H,25,27)/b18-12+,24-22?. The number of ether oxygens (including phenoxy) is 2. The summed E-state index contributed by atoms with van der Waals surface area (Å²) in [6, 6.07) is 12.5. The molecule has 1 N–H and O–H groups in total. The fourth-order valence-electron chi connectivity index (χ4n) is 2.83. The summed E-state index contributed by atoms with van der Waals surface area (Å²) in [4.78, 5) is 30.7. The molecule has 1 saturated heterocycles. The van der Waals surface area contributed by atoms with Crippen LogP contribution in [0, 0.1) is 0 Å². The van der Waals surface area contributed by atoms with E-state index < -0.39 is 0 Å². The molecule has 0 aliphatic carbocycles. The van der Waals surface area contributed by atoms with Crippen molar-refractivity contribution in [2.75, 3.05) is 32.6 Å². The third-order valence-electron chi connectivity index (χ3n) is 4.23. The van der Waals surface area contributed by atoms with Crippen LogP contribution in [0.5, 0.6) is 11.5 Å². The number of carbonyl (C=O) groups excluding carboxylic acids is 2. The molecular formula is C22H22ClN3O4S. The van der Waals surface area contributed by atoms with Gasteiger partial charge in [-0.1, -0.05) is 29.8 Å². The van der Waals surface area contributed by atoms with E-state index in [2.05, 4.69) is 10.3 Å². The van der Waals surface area contributed by atoms with Gasteiger partial charge in [-0.05, 0) is 54.6 Å². The van der Waals surface area contributed by atoms with Crippen molar-refractivity contribution < 1.29 is 19.1 Å². The summed E-state index contributed by atoms with van der Waals surface area (Å²) < 4.78 is 11.3. The van der Waals surface area contributed by atoms with Gasteiger partial charge in [0.25, 0.3) is 11.8 Å². The molecule has 0 unspecified atom stereocenters. The predicted octanol–water partition coefficient (Wildman–Crippen LogP) is 4.29. The van der Waals surface area contributed by atoms with Crippen molar-refractivity contribution in [2.24, 2.45) is 4.99 Å². The number of carbonyl (C=O) groups is 2. The molecule has 1 aliphatic heterocycles. The summed E-state index contributed by atoms with van der Waals surface area (Å²) in [5.74, 6) is 0.200. The molecule has 9 heteroatoms. The van der Waals surface area contributed by atoms with Crippen molar-refractivity contribution in [1.29, 1.82) is 0 Å². The van der Waals surface area contributed by atoms with Gasteiger partial charge in [-0.25, -0.2) is 0 Å². The first-order chi connectivity index (χ1) is 14.9. The minimum Gasteiger partial charge on any atom is -0.490 e. The van der Waals surface area contributed by atoms with Gasteiger partial charge < -0.3 is 14.8 Å². The molecule has 31 heavy (non-hydrogen) atoms. The molecular weight excluding hydrogens is 438 g/mol. The average Bonchev–Trinajstić information content (AvgIpc) is 3.02. The highest BCUT2D eigenvalue weighted by atomic mass is 35.5. The molecule has 0 saturated carbocycles. The van der Waals surface area contributed by atoms with Gasteiger partial charge in [-0.3, -0.25) is 19.5 Å². The van der Waals surface area contributed by atoms with E-state index in [1.54, 1.807) is 44.4 Å². The first-order valence-corrected chi connectivity index (χ1v) is 10.7. The minimum atomic E-state index is -0.321. The van der Waals surface area contributed by atoms with Crippen LogP contribution in [-0.4, -0.2) is 49.2 Å². The zero-order chi connectivity index (χ0) is 22.4. The summed E-state index contributed by atoms with van der Waals surface area (Å²) in [7, 11) is 3.31. The van der Waals surface area contributed by atoms with Crippen LogP contribution in [-0.2, 0) is 9.59 Å². The van der Waals surface area contributed by atoms with Gasteiger partial charge in [0.05, 0.1) is 16.5 Å². The summed E-state index contributed by atoms with van der Waals surface area (Å²) in [5, 5.41) is 3.65. The highest BCUT2D eigenvalue weighted by Gasteiger charge is 2.29. The number of likely N-dealkylation sites (N-methyl/N-ethyl adjacent to an activating group) is 1. The minimum absolute atomic E-state index is 0.141. The number of halogens is 1. The van der Waals surface area contributed by atoms with Crippen molar-refractivity contribution in [3.05, 3.63) is 58.0 Å². The predicted molar refractivity (Wildman–Crippen MR) is 125 cm³/mol. The number of amidine groups is 1. The van der Waals surface area contributed by atoms with Gasteiger partial charge in [0.1, 0.15) is 0 Å². The topological polar surface area (TPSA) is 80.2 Å². The normalized spacial score (nSPS) is 16.1. The van der Waals surface area contributed by atoms with Crippen LogP contribution < -0.4 is 14.8 Å². The Morgan fingerprint density at radius 1 is 1.26 bits per heavy atom. The molecule has 1 fully saturated rings. The van der Waals surface area contributed by atoms with Crippen LogP contribution in [0.15, 0.2) is 52.4 Å². The Bertz CT molecular complexity index is 1040. The van der Waals surface area contributed by atoms with E-state index in [0.29, 0.717) is 33.7 Å². The number of anilines is 1. The Morgan fingerprint density at radius 3 is 2.65 bits per heavy atom. The molecule has 0 radical (unpaired) electrons. The SMILES string of the molecule is CCOc1cc(/C=C2/SC(=NC)N(C)C2=O)cc(Cl)c1OCC(=O)Nc1ccccc1. The summed E-state index contributed by atoms with van der Waals surface area (Å²) in [5.41, 5.74) is 1.35. The molecule has 2 aromatic rings. The van der Waals surface area contributed by atoms with Crippen molar-refractivity contribution in [3.63, 3.8) is 0 Å².